The molecule has 0 amide bonds. The first-order valence-electron chi connectivity index (χ1n) is 6.73. The topological polar surface area (TPSA) is 47.6 Å². The predicted molar refractivity (Wildman–Crippen MR) is 67.3 cm³/mol. The van der Waals surface area contributed by atoms with Gasteiger partial charge < -0.3 is 9.47 Å². The van der Waals surface area contributed by atoms with Crippen LogP contribution in [0.2, 0.25) is 0 Å². The molecule has 7 heteroatoms. The highest BCUT2D eigenvalue weighted by Crippen LogP contribution is 2.26. The van der Waals surface area contributed by atoms with Gasteiger partial charge in [-0.3, -0.25) is 10.1 Å². The van der Waals surface area contributed by atoms with Crippen LogP contribution < -0.4 is 5.32 Å². The van der Waals surface area contributed by atoms with Crippen molar-refractivity contribution in [2.45, 2.75) is 63.4 Å². The number of esters is 1. The van der Waals surface area contributed by atoms with E-state index >= 15 is 0 Å². The molecule has 2 unspecified atom stereocenters. The SMILES string of the molecule is COC(=O)C(C)(CCCOC(C)C(F)(F)F)NC1CC1. The van der Waals surface area contributed by atoms with Crippen molar-refractivity contribution in [2.75, 3.05) is 13.7 Å². The number of ether oxygens (including phenoxy) is 2. The van der Waals surface area contributed by atoms with Crippen LogP contribution in [0.25, 0.3) is 0 Å². The second-order valence-electron chi connectivity index (χ2n) is 5.40. The molecule has 0 spiro atoms. The van der Waals surface area contributed by atoms with Crippen LogP contribution in [0.5, 0.6) is 0 Å². The van der Waals surface area contributed by atoms with Crippen LogP contribution in [0, 0.1) is 0 Å². The Bertz CT molecular complexity index is 331. The number of hydrogen-bond donors (Lipinski definition) is 1. The van der Waals surface area contributed by atoms with E-state index in [0.717, 1.165) is 19.8 Å². The minimum absolute atomic E-state index is 0.0421. The normalized spacial score (nSPS) is 20.3. The summed E-state index contributed by atoms with van der Waals surface area (Å²) in [6.07, 6.45) is -3.39. The minimum atomic E-state index is -4.35. The molecule has 1 rings (SSSR count). The zero-order valence-corrected chi connectivity index (χ0v) is 12.0. The molecule has 0 aromatic rings. The Kier molecular flexibility index (Phi) is 5.82. The monoisotopic (exact) mass is 297 g/mol. The maximum absolute atomic E-state index is 12.3. The average molecular weight is 297 g/mol. The van der Waals surface area contributed by atoms with E-state index < -0.39 is 23.8 Å². The van der Waals surface area contributed by atoms with Gasteiger partial charge in [0.05, 0.1) is 7.11 Å². The van der Waals surface area contributed by atoms with E-state index in [4.69, 9.17) is 9.47 Å². The van der Waals surface area contributed by atoms with E-state index in [1.807, 2.05) is 0 Å². The van der Waals surface area contributed by atoms with Crippen molar-refractivity contribution in [3.8, 4) is 0 Å². The molecule has 1 fully saturated rings. The van der Waals surface area contributed by atoms with Crippen molar-refractivity contribution in [3.63, 3.8) is 0 Å². The molecule has 1 aliphatic rings. The van der Waals surface area contributed by atoms with Crippen molar-refractivity contribution in [1.29, 1.82) is 0 Å². The number of alkyl halides is 3. The summed E-state index contributed by atoms with van der Waals surface area (Å²) >= 11 is 0. The first-order chi connectivity index (χ1) is 9.19. The third-order valence-electron chi connectivity index (χ3n) is 3.39. The highest BCUT2D eigenvalue weighted by molar-refractivity contribution is 5.80. The molecule has 0 bridgehead atoms. The fraction of sp³-hybridized carbons (Fsp3) is 0.923. The van der Waals surface area contributed by atoms with Crippen LogP contribution in [0.4, 0.5) is 13.2 Å². The van der Waals surface area contributed by atoms with Gasteiger partial charge in [-0.05, 0) is 39.5 Å². The maximum Gasteiger partial charge on any atom is 0.414 e. The van der Waals surface area contributed by atoms with Crippen molar-refractivity contribution in [3.05, 3.63) is 0 Å². The Hall–Kier alpha value is -0.820. The third kappa shape index (κ3) is 5.28. The quantitative estimate of drug-likeness (QED) is 0.552. The van der Waals surface area contributed by atoms with E-state index in [-0.39, 0.29) is 6.61 Å². The Morgan fingerprint density at radius 3 is 2.45 bits per heavy atom. The summed E-state index contributed by atoms with van der Waals surface area (Å²) in [6.45, 7) is 2.64. The molecule has 2 atom stereocenters. The van der Waals surface area contributed by atoms with Crippen LogP contribution in [0.1, 0.15) is 39.5 Å². The predicted octanol–water partition coefficient (Wildman–Crippen LogP) is 2.42. The Labute approximate surface area is 117 Å². The van der Waals surface area contributed by atoms with Gasteiger partial charge in [-0.15, -0.1) is 0 Å². The molecule has 1 N–H and O–H groups in total. The lowest BCUT2D eigenvalue weighted by Crippen LogP contribution is -2.51. The number of rotatable bonds is 8. The molecular weight excluding hydrogens is 275 g/mol. The zero-order chi connectivity index (χ0) is 15.4. The van der Waals surface area contributed by atoms with Gasteiger partial charge in [-0.2, -0.15) is 13.2 Å². The van der Waals surface area contributed by atoms with Gasteiger partial charge in [-0.1, -0.05) is 0 Å². The summed E-state index contributed by atoms with van der Waals surface area (Å²) in [7, 11) is 1.30. The lowest BCUT2D eigenvalue weighted by atomic mass is 9.95. The standard InChI is InChI=1S/C13H22F3NO3/c1-9(13(14,15)16)20-8-4-7-12(2,11(18)19-3)17-10-5-6-10/h9-10,17H,4-8H2,1-3H3. The van der Waals surface area contributed by atoms with Crippen LogP contribution in [-0.2, 0) is 14.3 Å². The lowest BCUT2D eigenvalue weighted by Gasteiger charge is -2.28. The van der Waals surface area contributed by atoms with Gasteiger partial charge in [-0.25, -0.2) is 0 Å². The molecule has 0 aromatic heterocycles. The van der Waals surface area contributed by atoms with E-state index in [2.05, 4.69) is 5.32 Å². The van der Waals surface area contributed by atoms with E-state index in [1.165, 1.54) is 7.11 Å². The molecule has 0 aliphatic heterocycles. The van der Waals surface area contributed by atoms with Crippen molar-refractivity contribution in [2.24, 2.45) is 0 Å². The lowest BCUT2D eigenvalue weighted by molar-refractivity contribution is -0.214. The van der Waals surface area contributed by atoms with Gasteiger partial charge in [0.15, 0.2) is 6.10 Å². The molecule has 0 saturated heterocycles. The van der Waals surface area contributed by atoms with Crippen LogP contribution in [0.15, 0.2) is 0 Å². The number of carbonyl (C=O) groups excluding carboxylic acids is 1. The fourth-order valence-electron chi connectivity index (χ4n) is 1.92. The van der Waals surface area contributed by atoms with Gasteiger partial charge in [0.1, 0.15) is 5.54 Å². The molecule has 1 aliphatic carbocycles. The van der Waals surface area contributed by atoms with Gasteiger partial charge >= 0.3 is 12.1 Å². The second-order valence-corrected chi connectivity index (χ2v) is 5.40. The van der Waals surface area contributed by atoms with Gasteiger partial charge in [0.25, 0.3) is 0 Å². The van der Waals surface area contributed by atoms with Crippen LogP contribution in [-0.4, -0.2) is 43.5 Å². The number of carbonyl (C=O) groups is 1. The largest absolute Gasteiger partial charge is 0.468 e. The Morgan fingerprint density at radius 2 is 2.00 bits per heavy atom. The van der Waals surface area contributed by atoms with Gasteiger partial charge in [0.2, 0.25) is 0 Å². The molecular formula is C13H22F3NO3. The summed E-state index contributed by atoms with van der Waals surface area (Å²) in [5, 5.41) is 3.18. The van der Waals surface area contributed by atoms with Crippen molar-refractivity contribution in [1.82, 2.24) is 5.32 Å². The molecule has 4 nitrogen and oxygen atoms in total. The molecule has 0 aromatic carbocycles. The summed E-state index contributed by atoms with van der Waals surface area (Å²) in [6, 6.07) is 0.300. The number of nitrogens with one attached hydrogen (secondary N) is 1. The third-order valence-corrected chi connectivity index (χ3v) is 3.39. The van der Waals surface area contributed by atoms with Crippen molar-refractivity contribution >= 4 is 5.97 Å². The number of methoxy groups -OCH3 is 1. The Balaban J connectivity index is 2.37. The van der Waals surface area contributed by atoms with Crippen molar-refractivity contribution < 1.29 is 27.4 Å². The zero-order valence-electron chi connectivity index (χ0n) is 12.0. The summed E-state index contributed by atoms with van der Waals surface area (Å²) in [5.41, 5.74) is -0.860. The van der Waals surface area contributed by atoms with E-state index in [1.54, 1.807) is 6.92 Å². The first kappa shape index (κ1) is 17.2. The highest BCUT2D eigenvalue weighted by Gasteiger charge is 2.40. The van der Waals surface area contributed by atoms with E-state index in [0.29, 0.717) is 18.9 Å². The molecule has 0 heterocycles. The van der Waals surface area contributed by atoms with Gasteiger partial charge in [0, 0.05) is 12.6 Å². The average Bonchev–Trinajstić information content (AvgIpc) is 3.15. The molecule has 118 valence electrons. The second kappa shape index (κ2) is 6.76. The van der Waals surface area contributed by atoms with E-state index in [9.17, 15) is 18.0 Å². The van der Waals surface area contributed by atoms with Crippen LogP contribution in [0.3, 0.4) is 0 Å². The number of halogens is 3. The summed E-state index contributed by atoms with van der Waals surface area (Å²) in [5.74, 6) is -0.395. The maximum atomic E-state index is 12.3. The summed E-state index contributed by atoms with van der Waals surface area (Å²) < 4.78 is 46.3. The summed E-state index contributed by atoms with van der Waals surface area (Å²) in [4.78, 5) is 11.8. The minimum Gasteiger partial charge on any atom is -0.468 e. The smallest absolute Gasteiger partial charge is 0.414 e. The number of hydrogen-bond acceptors (Lipinski definition) is 4. The molecule has 1 saturated carbocycles. The fourth-order valence-corrected chi connectivity index (χ4v) is 1.92. The highest BCUT2D eigenvalue weighted by atomic mass is 19.4. The molecule has 0 radical (unpaired) electrons. The first-order valence-corrected chi connectivity index (χ1v) is 6.73. The van der Waals surface area contributed by atoms with Crippen LogP contribution >= 0.6 is 0 Å². The molecule has 20 heavy (non-hydrogen) atoms. The Morgan fingerprint density at radius 1 is 1.40 bits per heavy atom.